The molecule has 4 nitrogen and oxygen atoms in total. The fourth-order valence-electron chi connectivity index (χ4n) is 1.75. The van der Waals surface area contributed by atoms with Crippen molar-refractivity contribution in [3.05, 3.63) is 35.9 Å². The topological polar surface area (TPSA) is 55.4 Å². The van der Waals surface area contributed by atoms with E-state index in [0.29, 0.717) is 13.0 Å². The van der Waals surface area contributed by atoms with Gasteiger partial charge in [0.1, 0.15) is 6.04 Å². The van der Waals surface area contributed by atoms with Crippen LogP contribution in [0.3, 0.4) is 0 Å². The third-order valence-corrected chi connectivity index (χ3v) is 3.37. The fraction of sp³-hybridized carbons (Fsp3) is 0.467. The molecule has 110 valence electrons. The molecular weight excluding hydrogens is 274 g/mol. The summed E-state index contributed by atoms with van der Waals surface area (Å²) in [6.07, 6.45) is 2.82. The van der Waals surface area contributed by atoms with Crippen molar-refractivity contribution in [2.75, 3.05) is 18.6 Å². The second kappa shape index (κ2) is 9.42. The van der Waals surface area contributed by atoms with Gasteiger partial charge in [0.2, 0.25) is 5.91 Å². The summed E-state index contributed by atoms with van der Waals surface area (Å²) in [7, 11) is 0. The van der Waals surface area contributed by atoms with Gasteiger partial charge >= 0.3 is 5.97 Å². The van der Waals surface area contributed by atoms with Gasteiger partial charge in [-0.2, -0.15) is 11.8 Å². The summed E-state index contributed by atoms with van der Waals surface area (Å²) in [5, 5.41) is 2.76. The molecule has 0 saturated heterocycles. The van der Waals surface area contributed by atoms with Gasteiger partial charge in [0, 0.05) is 0 Å². The molecule has 0 radical (unpaired) electrons. The number of rotatable bonds is 8. The maximum Gasteiger partial charge on any atom is 0.328 e. The molecule has 1 rings (SSSR count). The Kier molecular flexibility index (Phi) is 7.80. The normalized spacial score (nSPS) is 11.7. The Morgan fingerprint density at radius 2 is 2.00 bits per heavy atom. The molecule has 0 aliphatic rings. The highest BCUT2D eigenvalue weighted by molar-refractivity contribution is 7.98. The average Bonchev–Trinajstić information content (AvgIpc) is 2.44. The minimum atomic E-state index is -0.557. The molecule has 20 heavy (non-hydrogen) atoms. The zero-order valence-electron chi connectivity index (χ0n) is 11.9. The van der Waals surface area contributed by atoms with Gasteiger partial charge in [0.25, 0.3) is 0 Å². The molecule has 0 fully saturated rings. The lowest BCUT2D eigenvalue weighted by Crippen LogP contribution is -2.43. The van der Waals surface area contributed by atoms with Gasteiger partial charge in [0.05, 0.1) is 13.0 Å². The molecule has 1 aromatic rings. The van der Waals surface area contributed by atoms with Crippen LogP contribution in [0, 0.1) is 0 Å². The zero-order valence-corrected chi connectivity index (χ0v) is 12.7. The molecule has 1 aromatic carbocycles. The van der Waals surface area contributed by atoms with Crippen LogP contribution >= 0.6 is 11.8 Å². The van der Waals surface area contributed by atoms with Crippen LogP contribution < -0.4 is 5.32 Å². The number of carbonyl (C=O) groups excluding carboxylic acids is 2. The number of ether oxygens (including phenoxy) is 1. The van der Waals surface area contributed by atoms with Gasteiger partial charge < -0.3 is 10.1 Å². The van der Waals surface area contributed by atoms with Gasteiger partial charge in [0.15, 0.2) is 0 Å². The standard InChI is InChI=1S/C15H21NO3S/c1-3-19-15(18)13(9-10-20-2)16-14(17)11-12-7-5-4-6-8-12/h4-8,13H,3,9-11H2,1-2H3,(H,16,17)/t13-/m0/s1. The molecule has 0 aliphatic heterocycles. The minimum Gasteiger partial charge on any atom is -0.464 e. The van der Waals surface area contributed by atoms with Crippen molar-refractivity contribution in [2.45, 2.75) is 25.8 Å². The summed E-state index contributed by atoms with van der Waals surface area (Å²) in [4.78, 5) is 23.8. The Morgan fingerprint density at radius 3 is 2.60 bits per heavy atom. The summed E-state index contributed by atoms with van der Waals surface area (Å²) in [6.45, 7) is 2.08. The van der Waals surface area contributed by atoms with Crippen molar-refractivity contribution in [1.82, 2.24) is 5.32 Å². The van der Waals surface area contributed by atoms with Crippen LogP contribution in [0.25, 0.3) is 0 Å². The van der Waals surface area contributed by atoms with Crippen LogP contribution in [0.4, 0.5) is 0 Å². The predicted molar refractivity (Wildman–Crippen MR) is 81.7 cm³/mol. The van der Waals surface area contributed by atoms with Crippen LogP contribution in [0.2, 0.25) is 0 Å². The molecular formula is C15H21NO3S. The van der Waals surface area contributed by atoms with Gasteiger partial charge in [-0.15, -0.1) is 0 Å². The van der Waals surface area contributed by atoms with Crippen molar-refractivity contribution in [3.8, 4) is 0 Å². The largest absolute Gasteiger partial charge is 0.464 e. The number of esters is 1. The highest BCUT2D eigenvalue weighted by Gasteiger charge is 2.21. The van der Waals surface area contributed by atoms with Gasteiger partial charge in [-0.3, -0.25) is 4.79 Å². The first-order chi connectivity index (χ1) is 9.67. The second-order valence-corrected chi connectivity index (χ2v) is 5.30. The molecule has 0 aromatic heterocycles. The summed E-state index contributed by atoms with van der Waals surface area (Å²) < 4.78 is 4.99. The van der Waals surface area contributed by atoms with E-state index in [1.807, 2.05) is 36.6 Å². The molecule has 1 atom stereocenters. The molecule has 0 spiro atoms. The number of amides is 1. The van der Waals surface area contributed by atoms with Crippen molar-refractivity contribution in [1.29, 1.82) is 0 Å². The Bertz CT molecular complexity index is 422. The Balaban J connectivity index is 2.54. The van der Waals surface area contributed by atoms with Crippen molar-refractivity contribution >= 4 is 23.6 Å². The molecule has 1 amide bonds. The van der Waals surface area contributed by atoms with E-state index in [1.165, 1.54) is 0 Å². The first-order valence-electron chi connectivity index (χ1n) is 6.66. The molecule has 5 heteroatoms. The molecule has 0 bridgehead atoms. The molecule has 0 saturated carbocycles. The minimum absolute atomic E-state index is 0.157. The summed E-state index contributed by atoms with van der Waals surface area (Å²) in [5.74, 6) is 0.285. The van der Waals surface area contributed by atoms with Gasteiger partial charge in [-0.25, -0.2) is 4.79 Å². The maximum atomic E-state index is 12.0. The van der Waals surface area contributed by atoms with Crippen LogP contribution in [-0.4, -0.2) is 36.5 Å². The molecule has 1 N–H and O–H groups in total. The second-order valence-electron chi connectivity index (χ2n) is 4.32. The third-order valence-electron chi connectivity index (χ3n) is 2.72. The van der Waals surface area contributed by atoms with Crippen LogP contribution in [0.1, 0.15) is 18.9 Å². The number of hydrogen-bond acceptors (Lipinski definition) is 4. The zero-order chi connectivity index (χ0) is 14.8. The van der Waals surface area contributed by atoms with E-state index in [2.05, 4.69) is 5.32 Å². The van der Waals surface area contributed by atoms with Gasteiger partial charge in [-0.1, -0.05) is 30.3 Å². The number of benzene rings is 1. The van der Waals surface area contributed by atoms with E-state index in [9.17, 15) is 9.59 Å². The smallest absolute Gasteiger partial charge is 0.328 e. The van der Waals surface area contributed by atoms with E-state index in [0.717, 1.165) is 11.3 Å². The Labute approximate surface area is 124 Å². The predicted octanol–water partition coefficient (Wildman–Crippen LogP) is 2.03. The lowest BCUT2D eigenvalue weighted by Gasteiger charge is -2.16. The van der Waals surface area contributed by atoms with Crippen LogP contribution in [-0.2, 0) is 20.7 Å². The highest BCUT2D eigenvalue weighted by atomic mass is 32.2. The molecule has 0 aliphatic carbocycles. The van der Waals surface area contributed by atoms with Gasteiger partial charge in [-0.05, 0) is 30.9 Å². The maximum absolute atomic E-state index is 12.0. The third kappa shape index (κ3) is 6.10. The lowest BCUT2D eigenvalue weighted by molar-refractivity contribution is -0.147. The van der Waals surface area contributed by atoms with Crippen molar-refractivity contribution in [3.63, 3.8) is 0 Å². The summed E-state index contributed by atoms with van der Waals surface area (Å²) in [6, 6.07) is 8.90. The Morgan fingerprint density at radius 1 is 1.30 bits per heavy atom. The molecule has 0 heterocycles. The monoisotopic (exact) mass is 295 g/mol. The number of hydrogen-bond donors (Lipinski definition) is 1. The van der Waals surface area contributed by atoms with Crippen LogP contribution in [0.5, 0.6) is 0 Å². The average molecular weight is 295 g/mol. The van der Waals surface area contributed by atoms with E-state index < -0.39 is 6.04 Å². The number of carbonyl (C=O) groups is 2. The SMILES string of the molecule is CCOC(=O)[C@H](CCSC)NC(=O)Cc1ccccc1. The first-order valence-corrected chi connectivity index (χ1v) is 8.05. The quantitative estimate of drug-likeness (QED) is 0.746. The number of thioether (sulfide) groups is 1. The Hall–Kier alpha value is -1.49. The summed E-state index contributed by atoms with van der Waals surface area (Å²) in [5.41, 5.74) is 0.928. The van der Waals surface area contributed by atoms with E-state index in [-0.39, 0.29) is 18.3 Å². The van der Waals surface area contributed by atoms with Crippen LogP contribution in [0.15, 0.2) is 30.3 Å². The van der Waals surface area contributed by atoms with E-state index >= 15 is 0 Å². The highest BCUT2D eigenvalue weighted by Crippen LogP contribution is 2.05. The van der Waals surface area contributed by atoms with Crippen molar-refractivity contribution in [2.24, 2.45) is 0 Å². The summed E-state index contributed by atoms with van der Waals surface area (Å²) >= 11 is 1.64. The first kappa shape index (κ1) is 16.6. The van der Waals surface area contributed by atoms with Crippen molar-refractivity contribution < 1.29 is 14.3 Å². The number of nitrogens with one attached hydrogen (secondary N) is 1. The molecule has 0 unspecified atom stereocenters. The fourth-order valence-corrected chi connectivity index (χ4v) is 2.23. The van der Waals surface area contributed by atoms with E-state index in [1.54, 1.807) is 18.7 Å². The lowest BCUT2D eigenvalue weighted by atomic mass is 10.1. The van der Waals surface area contributed by atoms with E-state index in [4.69, 9.17) is 4.74 Å².